The molecule has 0 bridgehead atoms. The average Bonchev–Trinajstić information content (AvgIpc) is 3.04. The second-order valence-electron chi connectivity index (χ2n) is 5.55. The highest BCUT2D eigenvalue weighted by Crippen LogP contribution is 2.23. The summed E-state index contributed by atoms with van der Waals surface area (Å²) in [6.45, 7) is 0.377. The molecule has 2 aromatic heterocycles. The normalized spacial score (nSPS) is 10.9. The predicted molar refractivity (Wildman–Crippen MR) is 95.9 cm³/mol. The Morgan fingerprint density at radius 3 is 2.68 bits per heavy atom. The van der Waals surface area contributed by atoms with Gasteiger partial charge in [0.05, 0.1) is 11.9 Å². The van der Waals surface area contributed by atoms with Crippen molar-refractivity contribution in [3.63, 3.8) is 0 Å². The second kappa shape index (κ2) is 6.45. The summed E-state index contributed by atoms with van der Waals surface area (Å²) >= 11 is 5.99. The van der Waals surface area contributed by atoms with Crippen molar-refractivity contribution in [2.45, 2.75) is 6.61 Å². The van der Waals surface area contributed by atoms with Crippen LogP contribution in [0.2, 0.25) is 5.02 Å². The Morgan fingerprint density at radius 2 is 1.88 bits per heavy atom. The first kappa shape index (κ1) is 15.5. The third-order valence-electron chi connectivity index (χ3n) is 3.78. The zero-order valence-electron chi connectivity index (χ0n) is 13.1. The van der Waals surface area contributed by atoms with E-state index in [4.69, 9.17) is 16.3 Å². The standard InChI is InChI=1S/C19H14ClN3O2/c20-15-3-1-2-13(10-15)12-25-19-9-8-18-21-11-17(23(18)22-19)14-4-6-16(24)7-5-14/h1-11,24H,12H2. The molecule has 0 unspecified atom stereocenters. The minimum Gasteiger partial charge on any atom is -0.508 e. The van der Waals surface area contributed by atoms with Gasteiger partial charge in [-0.1, -0.05) is 23.7 Å². The monoisotopic (exact) mass is 351 g/mol. The number of imidazole rings is 1. The van der Waals surface area contributed by atoms with Gasteiger partial charge in [0, 0.05) is 16.7 Å². The zero-order valence-corrected chi connectivity index (χ0v) is 13.9. The highest BCUT2D eigenvalue weighted by atomic mass is 35.5. The summed E-state index contributed by atoms with van der Waals surface area (Å²) < 4.78 is 7.50. The molecule has 1 N–H and O–H groups in total. The molecule has 0 aliphatic rings. The number of phenolic OH excluding ortho intramolecular Hbond substituents is 1. The van der Waals surface area contributed by atoms with Crippen LogP contribution in [0.5, 0.6) is 11.6 Å². The van der Waals surface area contributed by atoms with Gasteiger partial charge < -0.3 is 9.84 Å². The van der Waals surface area contributed by atoms with Crippen molar-refractivity contribution >= 4 is 17.2 Å². The molecule has 5 nitrogen and oxygen atoms in total. The molecule has 4 rings (SSSR count). The predicted octanol–water partition coefficient (Wildman–Crippen LogP) is 4.33. The Balaban J connectivity index is 1.63. The van der Waals surface area contributed by atoms with Gasteiger partial charge in [-0.3, -0.25) is 0 Å². The molecule has 0 saturated carbocycles. The summed E-state index contributed by atoms with van der Waals surface area (Å²) in [7, 11) is 0. The van der Waals surface area contributed by atoms with Crippen molar-refractivity contribution in [3.8, 4) is 22.9 Å². The smallest absolute Gasteiger partial charge is 0.232 e. The Bertz CT molecular complexity index is 1030. The van der Waals surface area contributed by atoms with Crippen LogP contribution in [0.15, 0.2) is 66.9 Å². The van der Waals surface area contributed by atoms with Gasteiger partial charge in [-0.15, -0.1) is 5.10 Å². The van der Waals surface area contributed by atoms with E-state index in [1.54, 1.807) is 28.9 Å². The fourth-order valence-electron chi connectivity index (χ4n) is 2.55. The summed E-state index contributed by atoms with van der Waals surface area (Å²) in [6.07, 6.45) is 1.75. The van der Waals surface area contributed by atoms with E-state index >= 15 is 0 Å². The lowest BCUT2D eigenvalue weighted by Gasteiger charge is -2.07. The molecule has 25 heavy (non-hydrogen) atoms. The van der Waals surface area contributed by atoms with E-state index in [1.807, 2.05) is 42.5 Å². The number of aromatic hydroxyl groups is 1. The molecule has 0 saturated heterocycles. The first-order valence-corrected chi connectivity index (χ1v) is 8.08. The molecule has 0 aliphatic carbocycles. The summed E-state index contributed by atoms with van der Waals surface area (Å²) in [4.78, 5) is 4.35. The average molecular weight is 352 g/mol. The van der Waals surface area contributed by atoms with Crippen molar-refractivity contribution in [1.82, 2.24) is 14.6 Å². The molecular formula is C19H14ClN3O2. The molecule has 6 heteroatoms. The summed E-state index contributed by atoms with van der Waals surface area (Å²) in [5.41, 5.74) is 3.42. The van der Waals surface area contributed by atoms with Crippen molar-refractivity contribution in [1.29, 1.82) is 0 Å². The molecule has 0 fully saturated rings. The number of benzene rings is 2. The molecule has 0 spiro atoms. The van der Waals surface area contributed by atoms with Gasteiger partial charge in [-0.05, 0) is 48.0 Å². The van der Waals surface area contributed by atoms with E-state index in [2.05, 4.69) is 10.1 Å². The van der Waals surface area contributed by atoms with E-state index in [0.717, 1.165) is 22.5 Å². The molecule has 0 aliphatic heterocycles. The first-order valence-electron chi connectivity index (χ1n) is 7.70. The maximum absolute atomic E-state index is 9.44. The third kappa shape index (κ3) is 3.27. The highest BCUT2D eigenvalue weighted by molar-refractivity contribution is 6.30. The molecular weight excluding hydrogens is 338 g/mol. The maximum atomic E-state index is 9.44. The van der Waals surface area contributed by atoms with Crippen molar-refractivity contribution in [3.05, 3.63) is 77.4 Å². The fraction of sp³-hybridized carbons (Fsp3) is 0.0526. The topological polar surface area (TPSA) is 59.7 Å². The van der Waals surface area contributed by atoms with Crippen LogP contribution in [0, 0.1) is 0 Å². The summed E-state index contributed by atoms with van der Waals surface area (Å²) in [6, 6.07) is 18.1. The molecule has 0 atom stereocenters. The van der Waals surface area contributed by atoms with Crippen LogP contribution in [-0.2, 0) is 6.61 Å². The number of halogens is 1. The second-order valence-corrected chi connectivity index (χ2v) is 5.99. The lowest BCUT2D eigenvalue weighted by Crippen LogP contribution is -2.01. The van der Waals surface area contributed by atoms with Gasteiger partial charge in [0.1, 0.15) is 12.4 Å². The molecule has 0 amide bonds. The Morgan fingerprint density at radius 1 is 1.04 bits per heavy atom. The van der Waals surface area contributed by atoms with Crippen LogP contribution >= 0.6 is 11.6 Å². The van der Waals surface area contributed by atoms with Gasteiger partial charge >= 0.3 is 0 Å². The van der Waals surface area contributed by atoms with Crippen LogP contribution in [0.1, 0.15) is 5.56 Å². The van der Waals surface area contributed by atoms with Gasteiger partial charge in [0.2, 0.25) is 5.88 Å². The molecule has 4 aromatic rings. The molecule has 0 radical (unpaired) electrons. The number of rotatable bonds is 4. The van der Waals surface area contributed by atoms with Gasteiger partial charge in [0.25, 0.3) is 0 Å². The number of phenols is 1. The van der Waals surface area contributed by atoms with Crippen LogP contribution in [0.4, 0.5) is 0 Å². The fourth-order valence-corrected chi connectivity index (χ4v) is 2.76. The van der Waals surface area contributed by atoms with Crippen LogP contribution in [0.3, 0.4) is 0 Å². The van der Waals surface area contributed by atoms with Crippen molar-refractivity contribution in [2.24, 2.45) is 0 Å². The number of nitrogens with zero attached hydrogens (tertiary/aromatic N) is 3. The van der Waals surface area contributed by atoms with E-state index < -0.39 is 0 Å². The number of aromatic nitrogens is 3. The quantitative estimate of drug-likeness (QED) is 0.594. The molecule has 124 valence electrons. The minimum absolute atomic E-state index is 0.219. The molecule has 2 aromatic carbocycles. The highest BCUT2D eigenvalue weighted by Gasteiger charge is 2.09. The number of hydrogen-bond donors (Lipinski definition) is 1. The lowest BCUT2D eigenvalue weighted by molar-refractivity contribution is 0.289. The van der Waals surface area contributed by atoms with Crippen LogP contribution < -0.4 is 4.74 Å². The van der Waals surface area contributed by atoms with Gasteiger partial charge in [-0.2, -0.15) is 0 Å². The Labute approximate surface area is 149 Å². The van der Waals surface area contributed by atoms with Crippen molar-refractivity contribution in [2.75, 3.05) is 0 Å². The van der Waals surface area contributed by atoms with E-state index in [1.165, 1.54) is 0 Å². The largest absolute Gasteiger partial charge is 0.508 e. The van der Waals surface area contributed by atoms with Gasteiger partial charge in [-0.25, -0.2) is 9.50 Å². The maximum Gasteiger partial charge on any atom is 0.232 e. The lowest BCUT2D eigenvalue weighted by atomic mass is 10.2. The first-order chi connectivity index (χ1) is 12.2. The summed E-state index contributed by atoms with van der Waals surface area (Å²) in [5, 5.41) is 14.6. The minimum atomic E-state index is 0.219. The molecule has 2 heterocycles. The summed E-state index contributed by atoms with van der Waals surface area (Å²) in [5.74, 6) is 0.710. The SMILES string of the molecule is Oc1ccc(-c2cnc3ccc(OCc4cccc(Cl)c4)nn23)cc1. The van der Waals surface area contributed by atoms with E-state index in [9.17, 15) is 5.11 Å². The van der Waals surface area contributed by atoms with E-state index in [-0.39, 0.29) is 5.75 Å². The number of fused-ring (bicyclic) bond motifs is 1. The zero-order chi connectivity index (χ0) is 17.2. The van der Waals surface area contributed by atoms with E-state index in [0.29, 0.717) is 17.5 Å². The Kier molecular flexibility index (Phi) is 3.99. The Hall–Kier alpha value is -3.05. The number of ether oxygens (including phenoxy) is 1. The van der Waals surface area contributed by atoms with Crippen molar-refractivity contribution < 1.29 is 9.84 Å². The number of hydrogen-bond acceptors (Lipinski definition) is 4. The van der Waals surface area contributed by atoms with Crippen LogP contribution in [0.25, 0.3) is 16.9 Å². The third-order valence-corrected chi connectivity index (χ3v) is 4.01. The van der Waals surface area contributed by atoms with Crippen LogP contribution in [-0.4, -0.2) is 19.7 Å². The van der Waals surface area contributed by atoms with Gasteiger partial charge in [0.15, 0.2) is 5.65 Å².